The molecule has 2 aliphatic heterocycles. The average molecular weight is 203 g/mol. The van der Waals surface area contributed by atoms with Crippen LogP contribution in [0.25, 0.3) is 0 Å². The van der Waals surface area contributed by atoms with Gasteiger partial charge in [-0.1, -0.05) is 0 Å². The van der Waals surface area contributed by atoms with Crippen molar-refractivity contribution >= 4 is 11.5 Å². The highest BCUT2D eigenvalue weighted by Crippen LogP contribution is 2.40. The van der Waals surface area contributed by atoms with Gasteiger partial charge < -0.3 is 10.6 Å². The second-order valence-electron chi connectivity index (χ2n) is 4.77. The van der Waals surface area contributed by atoms with Gasteiger partial charge >= 0.3 is 0 Å². The first-order chi connectivity index (χ1) is 7.25. The molecule has 2 aliphatic rings. The Labute approximate surface area is 90.3 Å². The molecule has 1 aromatic heterocycles. The van der Waals surface area contributed by atoms with Gasteiger partial charge in [0.1, 0.15) is 5.82 Å². The molecule has 15 heavy (non-hydrogen) atoms. The van der Waals surface area contributed by atoms with Gasteiger partial charge in [-0.05, 0) is 44.2 Å². The highest BCUT2D eigenvalue weighted by molar-refractivity contribution is 5.54. The summed E-state index contributed by atoms with van der Waals surface area (Å²) in [6, 6.07) is 3.61. The van der Waals surface area contributed by atoms with E-state index in [9.17, 15) is 0 Å². The quantitative estimate of drug-likeness (QED) is 0.760. The summed E-state index contributed by atoms with van der Waals surface area (Å²) < 4.78 is 0. The number of aryl methyl sites for hydroxylation is 1. The van der Waals surface area contributed by atoms with Crippen molar-refractivity contribution in [2.24, 2.45) is 0 Å². The molecule has 2 saturated heterocycles. The van der Waals surface area contributed by atoms with Crippen molar-refractivity contribution in [3.63, 3.8) is 0 Å². The molecular weight excluding hydrogens is 186 g/mol. The van der Waals surface area contributed by atoms with Crippen LogP contribution in [0.2, 0.25) is 0 Å². The zero-order valence-electron chi connectivity index (χ0n) is 9.11. The van der Waals surface area contributed by atoms with Gasteiger partial charge in [-0.25, -0.2) is 4.98 Å². The summed E-state index contributed by atoms with van der Waals surface area (Å²) in [5.74, 6) is 1.13. The standard InChI is InChI=1S/C12H17N3/c1-8-6-12(14-7-11(8)13)15-9-2-3-10(15)5-4-9/h6-7,9-10H,2-5,13H2,1H3. The Morgan fingerprint density at radius 2 is 1.87 bits per heavy atom. The first-order valence-corrected chi connectivity index (χ1v) is 5.76. The lowest BCUT2D eigenvalue weighted by atomic mass is 10.0. The van der Waals surface area contributed by atoms with E-state index in [0.29, 0.717) is 0 Å². The number of hydrogen-bond donors (Lipinski definition) is 1. The summed E-state index contributed by atoms with van der Waals surface area (Å²) >= 11 is 0. The van der Waals surface area contributed by atoms with Crippen molar-refractivity contribution in [3.8, 4) is 0 Å². The Bertz CT molecular complexity index is 368. The van der Waals surface area contributed by atoms with E-state index in [1.807, 2.05) is 0 Å². The van der Waals surface area contributed by atoms with Crippen LogP contribution in [0.4, 0.5) is 11.5 Å². The molecule has 3 rings (SSSR count). The molecule has 80 valence electrons. The van der Waals surface area contributed by atoms with Crippen LogP contribution in [0.3, 0.4) is 0 Å². The molecule has 0 aromatic carbocycles. The van der Waals surface area contributed by atoms with E-state index < -0.39 is 0 Å². The van der Waals surface area contributed by atoms with E-state index in [0.717, 1.165) is 29.2 Å². The predicted molar refractivity (Wildman–Crippen MR) is 61.9 cm³/mol. The first-order valence-electron chi connectivity index (χ1n) is 5.76. The molecule has 0 amide bonds. The number of nitrogens with zero attached hydrogens (tertiary/aromatic N) is 2. The highest BCUT2D eigenvalue weighted by Gasteiger charge is 2.39. The molecule has 2 N–H and O–H groups in total. The van der Waals surface area contributed by atoms with Gasteiger partial charge in [-0.2, -0.15) is 0 Å². The molecule has 2 bridgehead atoms. The maximum absolute atomic E-state index is 5.79. The SMILES string of the molecule is Cc1cc(N2C3CCC2CC3)ncc1N. The van der Waals surface area contributed by atoms with Crippen molar-refractivity contribution in [2.45, 2.75) is 44.7 Å². The molecule has 0 aliphatic carbocycles. The minimum Gasteiger partial charge on any atom is -0.397 e. The van der Waals surface area contributed by atoms with Gasteiger partial charge in [-0.3, -0.25) is 0 Å². The first kappa shape index (κ1) is 9.01. The number of aromatic nitrogens is 1. The van der Waals surface area contributed by atoms with Crippen molar-refractivity contribution in [3.05, 3.63) is 17.8 Å². The zero-order chi connectivity index (χ0) is 10.4. The third kappa shape index (κ3) is 1.29. The number of hydrogen-bond acceptors (Lipinski definition) is 3. The number of nitrogen functional groups attached to an aromatic ring is 1. The van der Waals surface area contributed by atoms with Crippen LogP contribution >= 0.6 is 0 Å². The van der Waals surface area contributed by atoms with Crippen LogP contribution in [0.15, 0.2) is 12.3 Å². The van der Waals surface area contributed by atoms with Crippen molar-refractivity contribution < 1.29 is 0 Å². The maximum atomic E-state index is 5.79. The van der Waals surface area contributed by atoms with E-state index in [1.54, 1.807) is 6.20 Å². The monoisotopic (exact) mass is 203 g/mol. The van der Waals surface area contributed by atoms with Crippen LogP contribution in [-0.2, 0) is 0 Å². The number of pyridine rings is 1. The van der Waals surface area contributed by atoms with Gasteiger partial charge in [0.15, 0.2) is 0 Å². The number of nitrogens with two attached hydrogens (primary N) is 1. The van der Waals surface area contributed by atoms with Crippen LogP contribution in [-0.4, -0.2) is 17.1 Å². The Morgan fingerprint density at radius 3 is 2.40 bits per heavy atom. The Hall–Kier alpha value is -1.25. The predicted octanol–water partition coefficient (Wildman–Crippen LogP) is 2.10. The second kappa shape index (κ2) is 3.12. The minimum absolute atomic E-state index is 0.741. The molecule has 3 heteroatoms. The van der Waals surface area contributed by atoms with Crippen molar-refractivity contribution in [1.29, 1.82) is 0 Å². The van der Waals surface area contributed by atoms with Crippen molar-refractivity contribution in [1.82, 2.24) is 4.98 Å². The van der Waals surface area contributed by atoms with Crippen LogP contribution in [0, 0.1) is 6.92 Å². The molecule has 0 radical (unpaired) electrons. The van der Waals surface area contributed by atoms with E-state index in [4.69, 9.17) is 5.73 Å². The fraction of sp³-hybridized carbons (Fsp3) is 0.583. The summed E-state index contributed by atoms with van der Waals surface area (Å²) in [5, 5.41) is 0. The van der Waals surface area contributed by atoms with Gasteiger partial charge in [0.05, 0.1) is 11.9 Å². The summed E-state index contributed by atoms with van der Waals surface area (Å²) in [4.78, 5) is 6.97. The Morgan fingerprint density at radius 1 is 1.27 bits per heavy atom. The van der Waals surface area contributed by atoms with Crippen LogP contribution < -0.4 is 10.6 Å². The third-order valence-electron chi connectivity index (χ3n) is 3.85. The fourth-order valence-electron chi connectivity index (χ4n) is 2.98. The zero-order valence-corrected chi connectivity index (χ0v) is 9.11. The Kier molecular flexibility index (Phi) is 1.87. The lowest BCUT2D eigenvalue weighted by Crippen LogP contribution is -2.28. The van der Waals surface area contributed by atoms with Crippen LogP contribution in [0.1, 0.15) is 31.2 Å². The van der Waals surface area contributed by atoms with Gasteiger partial charge in [-0.15, -0.1) is 0 Å². The van der Waals surface area contributed by atoms with Gasteiger partial charge in [0.25, 0.3) is 0 Å². The fourth-order valence-corrected chi connectivity index (χ4v) is 2.98. The van der Waals surface area contributed by atoms with E-state index in [-0.39, 0.29) is 0 Å². The summed E-state index contributed by atoms with van der Waals surface area (Å²) in [7, 11) is 0. The summed E-state index contributed by atoms with van der Waals surface area (Å²) in [6.07, 6.45) is 7.17. The molecular formula is C12H17N3. The molecule has 3 heterocycles. The highest BCUT2D eigenvalue weighted by atomic mass is 15.3. The molecule has 1 aromatic rings. The third-order valence-corrected chi connectivity index (χ3v) is 3.85. The number of fused-ring (bicyclic) bond motifs is 2. The number of anilines is 2. The van der Waals surface area contributed by atoms with E-state index in [1.165, 1.54) is 25.7 Å². The average Bonchev–Trinajstić information content (AvgIpc) is 2.81. The molecule has 0 atom stereocenters. The molecule has 3 nitrogen and oxygen atoms in total. The minimum atomic E-state index is 0.741. The lowest BCUT2D eigenvalue weighted by Gasteiger charge is -2.23. The van der Waals surface area contributed by atoms with Crippen molar-refractivity contribution in [2.75, 3.05) is 10.6 Å². The van der Waals surface area contributed by atoms with Gasteiger partial charge in [0.2, 0.25) is 0 Å². The van der Waals surface area contributed by atoms with E-state index in [2.05, 4.69) is 22.9 Å². The topological polar surface area (TPSA) is 42.2 Å². The molecule has 0 unspecified atom stereocenters. The molecule has 2 fully saturated rings. The molecule has 0 saturated carbocycles. The smallest absolute Gasteiger partial charge is 0.129 e. The summed E-state index contributed by atoms with van der Waals surface area (Å²) in [5.41, 5.74) is 7.73. The summed E-state index contributed by atoms with van der Waals surface area (Å²) in [6.45, 7) is 2.05. The Balaban J connectivity index is 1.96. The lowest BCUT2D eigenvalue weighted by molar-refractivity contribution is 0.576. The largest absolute Gasteiger partial charge is 0.397 e. The number of rotatable bonds is 1. The normalized spacial score (nSPS) is 28.7. The maximum Gasteiger partial charge on any atom is 0.129 e. The van der Waals surface area contributed by atoms with Crippen LogP contribution in [0.5, 0.6) is 0 Å². The molecule has 0 spiro atoms. The second-order valence-corrected chi connectivity index (χ2v) is 4.77. The van der Waals surface area contributed by atoms with Gasteiger partial charge in [0, 0.05) is 12.1 Å². The van der Waals surface area contributed by atoms with E-state index >= 15 is 0 Å².